The van der Waals surface area contributed by atoms with E-state index in [1.165, 1.54) is 12.2 Å². The van der Waals surface area contributed by atoms with Gasteiger partial charge in [0.15, 0.2) is 0 Å². The third-order valence-corrected chi connectivity index (χ3v) is 0.666. The van der Waals surface area contributed by atoms with Crippen molar-refractivity contribution in [1.82, 2.24) is 10.7 Å². The Morgan fingerprint density at radius 3 is 2.29 bits per heavy atom. The van der Waals surface area contributed by atoms with Gasteiger partial charge in [0.1, 0.15) is 0 Å². The lowest BCUT2D eigenvalue weighted by molar-refractivity contribution is -0.959. The van der Waals surface area contributed by atoms with E-state index in [-0.39, 0.29) is 5.17 Å². The van der Waals surface area contributed by atoms with Gasteiger partial charge >= 0.3 is 0 Å². The molecule has 0 aromatic rings. The first kappa shape index (κ1) is 6.80. The second kappa shape index (κ2) is 2.89. The van der Waals surface area contributed by atoms with E-state index in [1.807, 2.05) is 0 Å². The topological polar surface area (TPSA) is 68.8 Å². The van der Waals surface area contributed by atoms with Gasteiger partial charge in [-0.15, -0.1) is 5.53 Å². The van der Waals surface area contributed by atoms with Crippen molar-refractivity contribution in [1.29, 1.82) is 0 Å². The second-order valence-electron chi connectivity index (χ2n) is 1.21. The summed E-state index contributed by atoms with van der Waals surface area (Å²) >= 11 is 0. The molecule has 5 heteroatoms. The Balaban J connectivity index is 3.14. The van der Waals surface area contributed by atoms with Crippen LogP contribution in [0.3, 0.4) is 0 Å². The molecule has 0 radical (unpaired) electrons. The van der Waals surface area contributed by atoms with Crippen LogP contribution in [-0.2, 0) is 0 Å². The van der Waals surface area contributed by atoms with Crippen molar-refractivity contribution in [3.63, 3.8) is 0 Å². The molecule has 0 saturated heterocycles. The van der Waals surface area contributed by atoms with Gasteiger partial charge in [0.25, 0.3) is 0 Å². The largest absolute Gasteiger partial charge is 0.612 e. The number of nitrogens with zero attached hydrogens (tertiary/aromatic N) is 1. The van der Waals surface area contributed by atoms with E-state index >= 15 is 0 Å². The predicted octanol–water partition coefficient (Wildman–Crippen LogP) is -2.78. The molecule has 0 saturated carbocycles. The number of hydrogen-bond donors (Lipinski definition) is 3. The third kappa shape index (κ3) is 2.49. The molecule has 0 rings (SSSR count). The van der Waals surface area contributed by atoms with Gasteiger partial charge in [-0.2, -0.15) is 0 Å². The highest BCUT2D eigenvalue weighted by molar-refractivity contribution is 4.02. The molecule has 0 heterocycles. The van der Waals surface area contributed by atoms with Crippen LogP contribution in [-0.4, -0.2) is 19.2 Å². The molecule has 0 aliphatic carbocycles. The molecule has 0 bridgehead atoms. The predicted molar refractivity (Wildman–Crippen MR) is 25.3 cm³/mol. The molecule has 7 heavy (non-hydrogen) atoms. The van der Waals surface area contributed by atoms with E-state index < -0.39 is 0 Å². The number of rotatable bonds is 2. The molecule has 1 atom stereocenters. The molecule has 0 fully saturated rings. The zero-order chi connectivity index (χ0) is 5.86. The molecular formula is C2H10N4O. The fourth-order valence-corrected chi connectivity index (χ4v) is 0.0909. The minimum Gasteiger partial charge on any atom is -0.612 e. The molecule has 0 spiro atoms. The summed E-state index contributed by atoms with van der Waals surface area (Å²) in [6, 6.07) is 0. The lowest BCUT2D eigenvalue weighted by Crippen LogP contribution is -3.12. The molecule has 0 amide bonds. The van der Waals surface area contributed by atoms with Crippen LogP contribution in [0, 0.1) is 5.21 Å². The van der Waals surface area contributed by atoms with Crippen molar-refractivity contribution in [2.24, 2.45) is 5.84 Å². The van der Waals surface area contributed by atoms with Gasteiger partial charge in [-0.1, -0.05) is 5.12 Å². The smallest absolute Gasteiger partial charge is 0.0853 e. The van der Waals surface area contributed by atoms with Crippen molar-refractivity contribution in [3.05, 3.63) is 5.21 Å². The van der Waals surface area contributed by atoms with Crippen molar-refractivity contribution in [2.75, 3.05) is 14.1 Å². The Kier molecular flexibility index (Phi) is 2.81. The van der Waals surface area contributed by atoms with Crippen LogP contribution in [0.5, 0.6) is 0 Å². The van der Waals surface area contributed by atoms with Gasteiger partial charge in [-0.3, -0.25) is 11.0 Å². The summed E-state index contributed by atoms with van der Waals surface area (Å²) in [6.07, 6.45) is 0. The van der Waals surface area contributed by atoms with E-state index in [4.69, 9.17) is 5.84 Å². The maximum absolute atomic E-state index is 10.2. The van der Waals surface area contributed by atoms with Gasteiger partial charge in [-0.05, 0) is 0 Å². The molecule has 0 aromatic carbocycles. The number of quaternary nitrogens is 1. The van der Waals surface area contributed by atoms with Crippen LogP contribution < -0.4 is 16.5 Å². The first-order valence-electron chi connectivity index (χ1n) is 1.89. The van der Waals surface area contributed by atoms with E-state index in [9.17, 15) is 5.21 Å². The summed E-state index contributed by atoms with van der Waals surface area (Å²) < 4.78 is 0. The van der Waals surface area contributed by atoms with Gasteiger partial charge in [0, 0.05) is 0 Å². The van der Waals surface area contributed by atoms with Crippen molar-refractivity contribution in [2.45, 2.75) is 0 Å². The second-order valence-corrected chi connectivity index (χ2v) is 1.21. The standard InChI is InChI=1S/C2H10N4O/c1-5(4-3)6(2)7/h4,6H,3H2,1-2H3. The van der Waals surface area contributed by atoms with Crippen LogP contribution in [0.25, 0.3) is 0 Å². The van der Waals surface area contributed by atoms with Crippen LogP contribution in [0.4, 0.5) is 0 Å². The fourth-order valence-electron chi connectivity index (χ4n) is 0.0909. The maximum atomic E-state index is 10.2. The average Bonchev–Trinajstić information content (AvgIpc) is 1.65. The first-order valence-corrected chi connectivity index (χ1v) is 1.89. The highest BCUT2D eigenvalue weighted by atomic mass is 16.6. The Labute approximate surface area is 42.2 Å². The van der Waals surface area contributed by atoms with E-state index in [0.29, 0.717) is 0 Å². The highest BCUT2D eigenvalue weighted by Gasteiger charge is 1.91. The van der Waals surface area contributed by atoms with Crippen molar-refractivity contribution >= 4 is 0 Å². The lowest BCUT2D eigenvalue weighted by Gasteiger charge is -2.24. The molecule has 1 unspecified atom stereocenters. The van der Waals surface area contributed by atoms with Gasteiger partial charge in [0.2, 0.25) is 0 Å². The molecule has 0 aliphatic rings. The summed E-state index contributed by atoms with van der Waals surface area (Å²) in [4.78, 5) is 0. The maximum Gasteiger partial charge on any atom is 0.0853 e. The zero-order valence-electron chi connectivity index (χ0n) is 4.43. The van der Waals surface area contributed by atoms with Gasteiger partial charge in [-0.25, -0.2) is 0 Å². The Hall–Kier alpha value is -0.200. The molecule has 44 valence electrons. The summed E-state index contributed by atoms with van der Waals surface area (Å²) in [5, 5.41) is 11.2. The van der Waals surface area contributed by atoms with E-state index in [0.717, 1.165) is 0 Å². The molecule has 4 N–H and O–H groups in total. The van der Waals surface area contributed by atoms with Crippen LogP contribution >= 0.6 is 0 Å². The number of hydrogen-bond acceptors (Lipinski definition) is 4. The Morgan fingerprint density at radius 2 is 2.29 bits per heavy atom. The lowest BCUT2D eigenvalue weighted by atomic mass is 11.3. The summed E-state index contributed by atoms with van der Waals surface area (Å²) in [7, 11) is 2.96. The Bertz CT molecular complexity index is 47.0. The fraction of sp³-hybridized carbons (Fsp3) is 1.00. The number of hydroxylamine groups is 1. The highest BCUT2D eigenvalue weighted by Crippen LogP contribution is 1.40. The van der Waals surface area contributed by atoms with Crippen molar-refractivity contribution in [3.8, 4) is 0 Å². The summed E-state index contributed by atoms with van der Waals surface area (Å²) in [5.41, 5.74) is 2.15. The average molecular weight is 106 g/mol. The molecule has 5 nitrogen and oxygen atoms in total. The van der Waals surface area contributed by atoms with Crippen LogP contribution in [0.2, 0.25) is 0 Å². The normalized spacial score (nSPS) is 15.0. The van der Waals surface area contributed by atoms with Crippen LogP contribution in [0.15, 0.2) is 0 Å². The minimum absolute atomic E-state index is 0.109. The molecular weight excluding hydrogens is 96.0 g/mol. The van der Waals surface area contributed by atoms with Crippen LogP contribution in [0.1, 0.15) is 0 Å². The van der Waals surface area contributed by atoms with E-state index in [1.54, 1.807) is 7.05 Å². The van der Waals surface area contributed by atoms with Gasteiger partial charge in [0.05, 0.1) is 14.1 Å². The van der Waals surface area contributed by atoms with Gasteiger partial charge < -0.3 is 5.21 Å². The minimum atomic E-state index is -0.109. The van der Waals surface area contributed by atoms with E-state index in [2.05, 4.69) is 5.53 Å². The molecule has 0 aliphatic heterocycles. The van der Waals surface area contributed by atoms with Crippen molar-refractivity contribution < 1.29 is 5.17 Å². The number of nitrogens with two attached hydrogens (primary N) is 1. The number of hydrazine groups is 2. The quantitative estimate of drug-likeness (QED) is 0.263. The monoisotopic (exact) mass is 106 g/mol. The third-order valence-electron chi connectivity index (χ3n) is 0.666. The molecule has 0 aromatic heterocycles. The number of nitrogens with one attached hydrogen (secondary N) is 2. The summed E-state index contributed by atoms with van der Waals surface area (Å²) in [6.45, 7) is 0. The SMILES string of the molecule is CN(NN)[NH+](C)[O-]. The summed E-state index contributed by atoms with van der Waals surface area (Å²) in [5.74, 6) is 4.83. The zero-order valence-corrected chi connectivity index (χ0v) is 4.43. The Morgan fingerprint density at radius 1 is 1.86 bits per heavy atom. The first-order chi connectivity index (χ1) is 3.18.